The van der Waals surface area contributed by atoms with Gasteiger partial charge in [0.25, 0.3) is 5.56 Å². The molecule has 1 fully saturated rings. The Hall–Kier alpha value is -4.31. The van der Waals surface area contributed by atoms with Crippen LogP contribution >= 0.6 is 11.6 Å². The smallest absolute Gasteiger partial charge is 0.264 e. The van der Waals surface area contributed by atoms with Gasteiger partial charge in [-0.15, -0.1) is 5.10 Å². The van der Waals surface area contributed by atoms with Crippen molar-refractivity contribution < 1.29 is 0 Å². The summed E-state index contributed by atoms with van der Waals surface area (Å²) in [5, 5.41) is 27.8. The van der Waals surface area contributed by atoms with Crippen LogP contribution in [0.15, 0.2) is 77.7 Å². The van der Waals surface area contributed by atoms with Crippen LogP contribution in [-0.4, -0.2) is 40.2 Å². The molecule has 10 nitrogen and oxygen atoms in total. The maximum absolute atomic E-state index is 11.4. The molecule has 1 aliphatic rings. The molecule has 2 N–H and O–H groups in total. The number of para-hydroxylation sites is 1. The van der Waals surface area contributed by atoms with E-state index in [4.69, 9.17) is 11.6 Å². The largest absolute Gasteiger partial charge is 0.371 e. The molecule has 0 saturated heterocycles. The van der Waals surface area contributed by atoms with E-state index in [1.54, 1.807) is 16.9 Å². The van der Waals surface area contributed by atoms with Gasteiger partial charge >= 0.3 is 0 Å². The first kappa shape index (κ1) is 22.2. The van der Waals surface area contributed by atoms with Crippen molar-refractivity contribution in [3.05, 3.63) is 99.8 Å². The van der Waals surface area contributed by atoms with Gasteiger partial charge in [-0.1, -0.05) is 41.9 Å². The summed E-state index contributed by atoms with van der Waals surface area (Å²) in [7, 11) is 0. The molecule has 1 aliphatic carbocycles. The van der Waals surface area contributed by atoms with Gasteiger partial charge in [-0.05, 0) is 59.5 Å². The predicted octanol–water partition coefficient (Wildman–Crippen LogP) is 3.87. The molecule has 0 aliphatic heterocycles. The number of tetrazole rings is 1. The van der Waals surface area contributed by atoms with Crippen LogP contribution in [0.25, 0.3) is 16.9 Å². The van der Waals surface area contributed by atoms with E-state index >= 15 is 0 Å². The van der Waals surface area contributed by atoms with Gasteiger partial charge < -0.3 is 5.32 Å². The van der Waals surface area contributed by atoms with Crippen molar-refractivity contribution in [3.8, 4) is 16.9 Å². The number of halogens is 1. The molecule has 0 bridgehead atoms. The lowest BCUT2D eigenvalue weighted by Gasteiger charge is -2.19. The molecule has 0 amide bonds. The molecule has 3 aromatic heterocycles. The predicted molar refractivity (Wildman–Crippen MR) is 135 cm³/mol. The molecule has 0 radical (unpaired) electrons. The van der Waals surface area contributed by atoms with Crippen molar-refractivity contribution in [2.24, 2.45) is 5.92 Å². The van der Waals surface area contributed by atoms with E-state index in [0.717, 1.165) is 29.0 Å². The summed E-state index contributed by atoms with van der Waals surface area (Å²) in [6, 6.07) is 20.2. The van der Waals surface area contributed by atoms with Crippen LogP contribution in [0.1, 0.15) is 30.3 Å². The van der Waals surface area contributed by atoms with Crippen molar-refractivity contribution in [1.29, 1.82) is 0 Å². The Labute approximate surface area is 210 Å². The quantitative estimate of drug-likeness (QED) is 0.332. The van der Waals surface area contributed by atoms with Gasteiger partial charge in [0.05, 0.1) is 17.6 Å². The molecular weight excluding hydrogens is 478 g/mol. The Kier molecular flexibility index (Phi) is 5.78. The minimum Gasteiger partial charge on any atom is -0.371 e. The number of H-pyrrole nitrogens is 1. The topological polar surface area (TPSA) is 119 Å². The zero-order chi connectivity index (χ0) is 24.5. The van der Waals surface area contributed by atoms with E-state index in [2.05, 4.69) is 36.1 Å². The van der Waals surface area contributed by atoms with Gasteiger partial charge in [0.1, 0.15) is 11.2 Å². The summed E-state index contributed by atoms with van der Waals surface area (Å²) in [6.07, 6.45) is 4.10. The fourth-order valence-corrected chi connectivity index (χ4v) is 4.40. The SMILES string of the molecule is O=c1ccc(-c2cccc(NC(c3cnn(-c4ccccc4)c3Cl)c3nnnn3CC3CC3)c2)n[nH]1. The van der Waals surface area contributed by atoms with Gasteiger partial charge in [-0.3, -0.25) is 4.79 Å². The Morgan fingerprint density at radius 3 is 2.72 bits per heavy atom. The van der Waals surface area contributed by atoms with E-state index in [1.807, 2.05) is 59.3 Å². The minimum atomic E-state index is -0.456. The Bertz CT molecular complexity index is 1530. The number of benzene rings is 2. The second kappa shape index (κ2) is 9.38. The van der Waals surface area contributed by atoms with E-state index in [9.17, 15) is 4.79 Å². The molecule has 3 heterocycles. The van der Waals surface area contributed by atoms with E-state index in [1.165, 1.54) is 18.9 Å². The number of hydrogen-bond donors (Lipinski definition) is 2. The zero-order valence-corrected chi connectivity index (χ0v) is 19.9. The van der Waals surface area contributed by atoms with Crippen molar-refractivity contribution in [2.75, 3.05) is 5.32 Å². The molecule has 1 unspecified atom stereocenters. The van der Waals surface area contributed by atoms with E-state index in [0.29, 0.717) is 22.6 Å². The van der Waals surface area contributed by atoms with Crippen molar-refractivity contribution in [3.63, 3.8) is 0 Å². The van der Waals surface area contributed by atoms with Crippen LogP contribution in [0.4, 0.5) is 5.69 Å². The van der Waals surface area contributed by atoms with Gasteiger partial charge in [0.2, 0.25) is 0 Å². The number of nitrogens with zero attached hydrogens (tertiary/aromatic N) is 7. The number of aromatic nitrogens is 8. The third-order valence-electron chi connectivity index (χ3n) is 6.14. The summed E-state index contributed by atoms with van der Waals surface area (Å²) < 4.78 is 3.54. The molecular formula is C25H22ClN9O. The number of rotatable bonds is 8. The first-order valence-electron chi connectivity index (χ1n) is 11.6. The normalized spacial score (nSPS) is 14.0. The van der Waals surface area contributed by atoms with Crippen molar-refractivity contribution in [1.82, 2.24) is 40.2 Å². The second-order valence-corrected chi connectivity index (χ2v) is 9.12. The van der Waals surface area contributed by atoms with Gasteiger partial charge in [-0.25, -0.2) is 14.5 Å². The summed E-state index contributed by atoms with van der Waals surface area (Å²) in [5.41, 5.74) is 3.67. The lowest BCUT2D eigenvalue weighted by Crippen LogP contribution is -2.19. The Morgan fingerprint density at radius 2 is 1.94 bits per heavy atom. The first-order valence-corrected chi connectivity index (χ1v) is 12.0. The number of aromatic amines is 1. The van der Waals surface area contributed by atoms with Crippen molar-refractivity contribution in [2.45, 2.75) is 25.4 Å². The lowest BCUT2D eigenvalue weighted by molar-refractivity contribution is 0.518. The fourth-order valence-electron chi connectivity index (χ4n) is 4.10. The Balaban J connectivity index is 1.40. The van der Waals surface area contributed by atoms with E-state index < -0.39 is 6.04 Å². The average molecular weight is 500 g/mol. The monoisotopic (exact) mass is 499 g/mol. The minimum absolute atomic E-state index is 0.249. The lowest BCUT2D eigenvalue weighted by atomic mass is 10.1. The zero-order valence-electron chi connectivity index (χ0n) is 19.1. The second-order valence-electron chi connectivity index (χ2n) is 8.77. The highest BCUT2D eigenvalue weighted by Crippen LogP contribution is 2.35. The van der Waals surface area contributed by atoms with Gasteiger partial charge in [0, 0.05) is 29.4 Å². The third-order valence-corrected chi connectivity index (χ3v) is 6.52. The van der Waals surface area contributed by atoms with Gasteiger partial charge in [-0.2, -0.15) is 10.2 Å². The summed E-state index contributed by atoms with van der Waals surface area (Å²) in [5.74, 6) is 1.24. The van der Waals surface area contributed by atoms with Crippen LogP contribution in [0.5, 0.6) is 0 Å². The maximum atomic E-state index is 11.4. The highest BCUT2D eigenvalue weighted by molar-refractivity contribution is 6.30. The maximum Gasteiger partial charge on any atom is 0.264 e. The summed E-state index contributed by atoms with van der Waals surface area (Å²) >= 11 is 6.89. The molecule has 36 heavy (non-hydrogen) atoms. The van der Waals surface area contributed by atoms with Crippen LogP contribution in [0.3, 0.4) is 0 Å². The highest BCUT2D eigenvalue weighted by Gasteiger charge is 2.30. The van der Waals surface area contributed by atoms with Crippen LogP contribution < -0.4 is 10.9 Å². The standard InChI is InChI=1S/C25H22ClN9O/c26-24-20(14-27-35(24)19-7-2-1-3-8-19)23(25-31-32-33-34(25)15-16-9-10-16)28-18-6-4-5-17(13-18)21-11-12-22(36)30-29-21/h1-8,11-14,16,23,28H,9-10,15H2,(H,30,36). The molecule has 1 saturated carbocycles. The van der Waals surface area contributed by atoms with E-state index in [-0.39, 0.29) is 5.56 Å². The number of hydrogen-bond acceptors (Lipinski definition) is 7. The molecule has 2 aromatic carbocycles. The number of nitrogens with one attached hydrogen (secondary N) is 2. The summed E-state index contributed by atoms with van der Waals surface area (Å²) in [4.78, 5) is 11.4. The molecule has 5 aromatic rings. The molecule has 6 rings (SSSR count). The molecule has 11 heteroatoms. The van der Waals surface area contributed by atoms with Crippen LogP contribution in [0.2, 0.25) is 5.15 Å². The average Bonchev–Trinajstić information content (AvgIpc) is 3.47. The highest BCUT2D eigenvalue weighted by atomic mass is 35.5. The third kappa shape index (κ3) is 4.50. The Morgan fingerprint density at radius 1 is 1.08 bits per heavy atom. The molecule has 1 atom stereocenters. The molecule has 0 spiro atoms. The first-order chi connectivity index (χ1) is 17.7. The fraction of sp³-hybridized carbons (Fsp3) is 0.200. The van der Waals surface area contributed by atoms with Crippen molar-refractivity contribution >= 4 is 17.3 Å². The van der Waals surface area contributed by atoms with Crippen LogP contribution in [0, 0.1) is 5.92 Å². The van der Waals surface area contributed by atoms with Gasteiger partial charge in [0.15, 0.2) is 5.82 Å². The van der Waals surface area contributed by atoms with Crippen LogP contribution in [-0.2, 0) is 6.54 Å². The number of anilines is 1. The summed E-state index contributed by atoms with van der Waals surface area (Å²) in [6.45, 7) is 0.756. The molecule has 180 valence electrons.